The van der Waals surface area contributed by atoms with Crippen LogP contribution in [-0.4, -0.2) is 23.2 Å². The van der Waals surface area contributed by atoms with Crippen LogP contribution in [0.2, 0.25) is 0 Å². The number of carboxylic acid groups (broad SMARTS) is 1. The van der Waals surface area contributed by atoms with Gasteiger partial charge in [-0.3, -0.25) is 0 Å². The van der Waals surface area contributed by atoms with Crippen LogP contribution in [-0.2, 0) is 0 Å². The zero-order valence-electron chi connectivity index (χ0n) is 28.5. The highest BCUT2D eigenvalue weighted by molar-refractivity contribution is 5.88. The Labute approximate surface area is 262 Å². The van der Waals surface area contributed by atoms with Gasteiger partial charge in [-0.15, -0.1) is 0 Å². The standard InChI is InChI=1S/C40H59NO2/c1-25(2)24-41-40-21-16-29(26(3)4)34(40)31-14-15-33-37(7)19-17-30(27-10-12-28(13-11-27)35(42)43)36(5,6)32(37)18-20-39(33,9)38(31,8)22-23-40/h10-13,17,25,29,31-34,41H,3,14-16,18-24H2,1-2,4-9H3,(H,42,43). The smallest absolute Gasteiger partial charge is 0.335 e. The second kappa shape index (κ2) is 10.3. The van der Waals surface area contributed by atoms with E-state index in [4.69, 9.17) is 0 Å². The minimum absolute atomic E-state index is 0.0514. The van der Waals surface area contributed by atoms with Crippen molar-refractivity contribution in [1.82, 2.24) is 5.32 Å². The topological polar surface area (TPSA) is 49.3 Å². The third kappa shape index (κ3) is 4.40. The summed E-state index contributed by atoms with van der Waals surface area (Å²) in [5.41, 5.74) is 5.74. The van der Waals surface area contributed by atoms with E-state index in [1.54, 1.807) is 12.1 Å². The zero-order chi connectivity index (χ0) is 31.2. The lowest BCUT2D eigenvalue weighted by molar-refractivity contribution is -0.219. The predicted octanol–water partition coefficient (Wildman–Crippen LogP) is 10.0. The lowest BCUT2D eigenvalue weighted by atomic mass is 9.33. The fourth-order valence-electron chi connectivity index (χ4n) is 12.7. The molecule has 0 bridgehead atoms. The summed E-state index contributed by atoms with van der Waals surface area (Å²) < 4.78 is 0. The van der Waals surface area contributed by atoms with Gasteiger partial charge in [0.2, 0.25) is 0 Å². The van der Waals surface area contributed by atoms with Gasteiger partial charge >= 0.3 is 5.97 Å². The number of rotatable bonds is 6. The van der Waals surface area contributed by atoms with Crippen LogP contribution in [0.1, 0.15) is 129 Å². The van der Waals surface area contributed by atoms with Crippen molar-refractivity contribution < 1.29 is 9.90 Å². The molecule has 0 heterocycles. The third-order valence-corrected chi connectivity index (χ3v) is 14.9. The van der Waals surface area contributed by atoms with Crippen molar-refractivity contribution in [3.8, 4) is 0 Å². The fourth-order valence-corrected chi connectivity index (χ4v) is 12.7. The van der Waals surface area contributed by atoms with Gasteiger partial charge in [0.1, 0.15) is 0 Å². The molecule has 5 aliphatic rings. The molecule has 0 saturated heterocycles. The van der Waals surface area contributed by atoms with Gasteiger partial charge in [-0.1, -0.05) is 78.8 Å². The average Bonchev–Trinajstić information content (AvgIpc) is 3.32. The number of allylic oxidation sites excluding steroid dienone is 3. The zero-order valence-corrected chi connectivity index (χ0v) is 28.5. The first kappa shape index (κ1) is 31.1. The maximum absolute atomic E-state index is 11.5. The molecule has 1 aromatic carbocycles. The Balaban J connectivity index is 1.34. The van der Waals surface area contributed by atoms with Crippen LogP contribution in [0.4, 0.5) is 0 Å². The molecule has 6 rings (SSSR count). The third-order valence-electron chi connectivity index (χ3n) is 14.9. The summed E-state index contributed by atoms with van der Waals surface area (Å²) in [4.78, 5) is 11.5. The van der Waals surface area contributed by atoms with Crippen molar-refractivity contribution in [3.63, 3.8) is 0 Å². The monoisotopic (exact) mass is 585 g/mol. The Morgan fingerprint density at radius 3 is 2.26 bits per heavy atom. The predicted molar refractivity (Wildman–Crippen MR) is 179 cm³/mol. The van der Waals surface area contributed by atoms with Crippen LogP contribution in [0.15, 0.2) is 42.5 Å². The molecule has 236 valence electrons. The minimum Gasteiger partial charge on any atom is -0.478 e. The van der Waals surface area contributed by atoms with E-state index >= 15 is 0 Å². The van der Waals surface area contributed by atoms with E-state index in [1.807, 2.05) is 12.1 Å². The normalized spacial score (nSPS) is 43.2. The first-order valence-corrected chi connectivity index (χ1v) is 17.6. The molecule has 0 amide bonds. The van der Waals surface area contributed by atoms with E-state index < -0.39 is 5.97 Å². The lowest BCUT2D eigenvalue weighted by Gasteiger charge is -2.72. The van der Waals surface area contributed by atoms with E-state index in [0.717, 1.165) is 24.8 Å². The molecule has 3 heteroatoms. The van der Waals surface area contributed by atoms with E-state index in [1.165, 1.54) is 68.1 Å². The number of carbonyl (C=O) groups is 1. The summed E-state index contributed by atoms with van der Waals surface area (Å²) in [6.07, 6.45) is 14.4. The first-order chi connectivity index (χ1) is 20.1. The van der Waals surface area contributed by atoms with Crippen LogP contribution in [0.3, 0.4) is 0 Å². The number of nitrogens with one attached hydrogen (secondary N) is 1. The Bertz CT molecular complexity index is 1310. The van der Waals surface area contributed by atoms with Crippen molar-refractivity contribution in [2.45, 2.75) is 119 Å². The molecule has 9 unspecified atom stereocenters. The highest BCUT2D eigenvalue weighted by atomic mass is 16.4. The van der Waals surface area contributed by atoms with E-state index in [9.17, 15) is 9.90 Å². The lowest BCUT2D eigenvalue weighted by Crippen LogP contribution is -2.68. The molecule has 2 N–H and O–H groups in total. The summed E-state index contributed by atoms with van der Waals surface area (Å²) in [6, 6.07) is 7.64. The molecular formula is C40H59NO2. The molecule has 5 aliphatic carbocycles. The van der Waals surface area contributed by atoms with Gasteiger partial charge in [-0.25, -0.2) is 4.79 Å². The first-order valence-electron chi connectivity index (χ1n) is 17.6. The van der Waals surface area contributed by atoms with Crippen LogP contribution in [0.25, 0.3) is 5.57 Å². The van der Waals surface area contributed by atoms with Crippen LogP contribution in [0, 0.1) is 57.2 Å². The number of carboxylic acids is 1. The Hall–Kier alpha value is -1.87. The van der Waals surface area contributed by atoms with Crippen LogP contribution >= 0.6 is 0 Å². The molecule has 9 atom stereocenters. The van der Waals surface area contributed by atoms with E-state index in [-0.39, 0.29) is 10.8 Å². The fraction of sp³-hybridized carbons (Fsp3) is 0.725. The molecule has 43 heavy (non-hydrogen) atoms. The average molecular weight is 586 g/mol. The summed E-state index contributed by atoms with van der Waals surface area (Å²) in [6.45, 7) is 25.8. The molecular weight excluding hydrogens is 526 g/mol. The molecule has 0 spiro atoms. The van der Waals surface area contributed by atoms with Gasteiger partial charge in [0.25, 0.3) is 0 Å². The molecule has 0 radical (unpaired) electrons. The second-order valence-electron chi connectivity index (χ2n) is 17.5. The second-order valence-corrected chi connectivity index (χ2v) is 17.5. The Kier molecular flexibility index (Phi) is 7.48. The Morgan fingerprint density at radius 1 is 0.930 bits per heavy atom. The number of fused-ring (bicyclic) bond motifs is 7. The van der Waals surface area contributed by atoms with Crippen molar-refractivity contribution in [2.24, 2.45) is 57.2 Å². The molecule has 4 fully saturated rings. The SMILES string of the molecule is C=C(C)C1CCC2(NCC(C)C)CCC3(C)C(CCC4C5(C)CC=C(c6ccc(C(=O)O)cc6)C(C)(C)C5CCC43C)C12. The molecule has 3 nitrogen and oxygen atoms in total. The number of hydrogen-bond acceptors (Lipinski definition) is 2. The van der Waals surface area contributed by atoms with Gasteiger partial charge in [-0.05, 0) is 152 Å². The summed E-state index contributed by atoms with van der Waals surface area (Å²) in [7, 11) is 0. The summed E-state index contributed by atoms with van der Waals surface area (Å²) in [5, 5.41) is 13.7. The maximum atomic E-state index is 11.5. The van der Waals surface area contributed by atoms with Gasteiger partial charge in [0.05, 0.1) is 5.56 Å². The highest BCUT2D eigenvalue weighted by Crippen LogP contribution is 2.76. The van der Waals surface area contributed by atoms with E-state index in [2.05, 4.69) is 73.4 Å². The van der Waals surface area contributed by atoms with Crippen molar-refractivity contribution in [2.75, 3.05) is 6.54 Å². The minimum atomic E-state index is -0.852. The van der Waals surface area contributed by atoms with Crippen molar-refractivity contribution in [3.05, 3.63) is 53.6 Å². The Morgan fingerprint density at radius 2 is 1.63 bits per heavy atom. The molecule has 0 aromatic heterocycles. The molecule has 0 aliphatic heterocycles. The quantitative estimate of drug-likeness (QED) is 0.327. The van der Waals surface area contributed by atoms with Crippen molar-refractivity contribution in [1.29, 1.82) is 0 Å². The molecule has 1 aromatic rings. The van der Waals surface area contributed by atoms with E-state index in [0.29, 0.717) is 45.6 Å². The van der Waals surface area contributed by atoms with Gasteiger partial charge in [0.15, 0.2) is 0 Å². The molecule has 4 saturated carbocycles. The maximum Gasteiger partial charge on any atom is 0.335 e. The van der Waals surface area contributed by atoms with Gasteiger partial charge < -0.3 is 10.4 Å². The van der Waals surface area contributed by atoms with Gasteiger partial charge in [0, 0.05) is 5.54 Å². The number of hydrogen-bond donors (Lipinski definition) is 2. The van der Waals surface area contributed by atoms with Crippen LogP contribution in [0.5, 0.6) is 0 Å². The van der Waals surface area contributed by atoms with Crippen molar-refractivity contribution >= 4 is 11.5 Å². The summed E-state index contributed by atoms with van der Waals surface area (Å²) >= 11 is 0. The number of aromatic carboxylic acids is 1. The number of benzene rings is 1. The largest absolute Gasteiger partial charge is 0.478 e. The summed E-state index contributed by atoms with van der Waals surface area (Å²) in [5.74, 6) is 3.32. The highest BCUT2D eigenvalue weighted by Gasteiger charge is 2.70. The van der Waals surface area contributed by atoms with Crippen LogP contribution < -0.4 is 5.32 Å². The van der Waals surface area contributed by atoms with Gasteiger partial charge in [-0.2, -0.15) is 0 Å².